The van der Waals surface area contributed by atoms with Crippen molar-refractivity contribution >= 4 is 16.1 Å². The van der Waals surface area contributed by atoms with E-state index in [1.807, 2.05) is 6.92 Å². The molecule has 1 unspecified atom stereocenters. The van der Waals surface area contributed by atoms with Crippen LogP contribution in [0.5, 0.6) is 0 Å². The number of esters is 1. The van der Waals surface area contributed by atoms with Crippen LogP contribution in [0, 0.1) is 0 Å². The van der Waals surface area contributed by atoms with Crippen LogP contribution in [0.4, 0.5) is 0 Å². The second kappa shape index (κ2) is 19.7. The molecule has 1 N–H and O–H groups in total. The highest BCUT2D eigenvalue weighted by atomic mass is 32.2. The number of ether oxygens (including phenoxy) is 1. The van der Waals surface area contributed by atoms with Crippen LogP contribution < -0.4 is 0 Å². The van der Waals surface area contributed by atoms with Gasteiger partial charge in [0.2, 0.25) is 0 Å². The van der Waals surface area contributed by atoms with Crippen LogP contribution in [-0.4, -0.2) is 25.5 Å². The Kier molecular flexibility index (Phi) is 17.8. The lowest BCUT2D eigenvalue weighted by Gasteiger charge is -2.30. The molecule has 1 atom stereocenters. The minimum absolute atomic E-state index is 0.207. The molecule has 0 aromatic heterocycles. The molecule has 0 bridgehead atoms. The van der Waals surface area contributed by atoms with Crippen molar-refractivity contribution in [1.29, 1.82) is 0 Å². The van der Waals surface area contributed by atoms with Crippen LogP contribution in [0.2, 0.25) is 0 Å². The van der Waals surface area contributed by atoms with Crippen LogP contribution in [0.1, 0.15) is 141 Å². The zero-order chi connectivity index (χ0) is 26.5. The molecule has 5 nitrogen and oxygen atoms in total. The third-order valence-electron chi connectivity index (χ3n) is 7.18. The van der Waals surface area contributed by atoms with Gasteiger partial charge in [-0.1, -0.05) is 147 Å². The molecule has 0 saturated carbocycles. The van der Waals surface area contributed by atoms with E-state index in [0.717, 1.165) is 25.7 Å². The van der Waals surface area contributed by atoms with Crippen molar-refractivity contribution in [2.24, 2.45) is 0 Å². The van der Waals surface area contributed by atoms with E-state index >= 15 is 0 Å². The van der Waals surface area contributed by atoms with Gasteiger partial charge >= 0.3 is 5.97 Å². The number of rotatable bonds is 23. The Labute approximate surface area is 221 Å². The minimum atomic E-state index is -4.48. The molecule has 208 valence electrons. The summed E-state index contributed by atoms with van der Waals surface area (Å²) < 4.78 is 38.8. The summed E-state index contributed by atoms with van der Waals surface area (Å²) >= 11 is 0. The maximum atomic E-state index is 12.4. The third kappa shape index (κ3) is 13.2. The average molecular weight is 525 g/mol. The van der Waals surface area contributed by atoms with E-state index in [2.05, 4.69) is 6.92 Å². The number of unbranched alkanes of at least 4 members (excludes halogenated alkanes) is 15. The topological polar surface area (TPSA) is 80.7 Å². The van der Waals surface area contributed by atoms with Gasteiger partial charge in [0.05, 0.1) is 0 Å². The third-order valence-corrected chi connectivity index (χ3v) is 8.72. The highest BCUT2D eigenvalue weighted by Gasteiger charge is 2.45. The molecule has 1 aromatic rings. The van der Waals surface area contributed by atoms with E-state index < -0.39 is 20.8 Å². The van der Waals surface area contributed by atoms with Crippen molar-refractivity contribution < 1.29 is 22.5 Å². The molecule has 36 heavy (non-hydrogen) atoms. The first-order chi connectivity index (χ1) is 17.4. The molecule has 0 amide bonds. The summed E-state index contributed by atoms with van der Waals surface area (Å²) in [6.07, 6.45) is 20.8. The first kappa shape index (κ1) is 32.6. The summed E-state index contributed by atoms with van der Waals surface area (Å²) in [6, 6.07) is 8.61. The van der Waals surface area contributed by atoms with Crippen molar-refractivity contribution in [3.05, 3.63) is 35.9 Å². The van der Waals surface area contributed by atoms with E-state index in [1.165, 1.54) is 77.0 Å². The van der Waals surface area contributed by atoms with Crippen molar-refractivity contribution in [3.8, 4) is 0 Å². The van der Waals surface area contributed by atoms with Gasteiger partial charge in [-0.3, -0.25) is 9.35 Å². The summed E-state index contributed by atoms with van der Waals surface area (Å²) in [4.78, 5) is 12.4. The lowest BCUT2D eigenvalue weighted by atomic mass is 9.93. The molecule has 0 aliphatic rings. The summed E-state index contributed by atoms with van der Waals surface area (Å²) in [5.41, 5.74) is 0.459. The van der Waals surface area contributed by atoms with Crippen molar-refractivity contribution in [2.75, 3.05) is 6.61 Å². The van der Waals surface area contributed by atoms with Gasteiger partial charge in [0.15, 0.2) is 4.75 Å². The Morgan fingerprint density at radius 3 is 1.61 bits per heavy atom. The van der Waals surface area contributed by atoms with Gasteiger partial charge in [-0.05, 0) is 18.4 Å². The zero-order valence-electron chi connectivity index (χ0n) is 23.0. The lowest BCUT2D eigenvalue weighted by Crippen LogP contribution is -2.41. The largest absolute Gasteiger partial charge is 0.464 e. The molecule has 0 aliphatic carbocycles. The number of hydrogen-bond donors (Lipinski definition) is 1. The standard InChI is InChI=1S/C30H52O5S/c1-3-5-7-8-9-10-11-12-13-14-15-16-17-18-22-25-29(31)35-27-30(26-6-4-2,36(32,33)34)28-23-20-19-21-24-28/h19-21,23-24H,3-18,22,25-27H2,1-2H3,(H,32,33,34). The fourth-order valence-corrected chi connectivity index (χ4v) is 5.81. The predicted molar refractivity (Wildman–Crippen MR) is 150 cm³/mol. The Morgan fingerprint density at radius 2 is 1.17 bits per heavy atom. The van der Waals surface area contributed by atoms with E-state index in [-0.39, 0.29) is 19.4 Å². The highest BCUT2D eigenvalue weighted by molar-refractivity contribution is 7.86. The molecule has 0 fully saturated rings. The van der Waals surface area contributed by atoms with Crippen molar-refractivity contribution in [3.63, 3.8) is 0 Å². The molecule has 6 heteroatoms. The fourth-order valence-electron chi connectivity index (χ4n) is 4.77. The van der Waals surface area contributed by atoms with E-state index in [9.17, 15) is 17.8 Å². The Hall–Kier alpha value is -1.40. The summed E-state index contributed by atoms with van der Waals surface area (Å²) in [5.74, 6) is -0.398. The quantitative estimate of drug-likeness (QED) is 0.0879. The Balaban J connectivity index is 2.23. The van der Waals surface area contributed by atoms with Crippen LogP contribution in [-0.2, 0) is 24.4 Å². The zero-order valence-corrected chi connectivity index (χ0v) is 23.8. The molecule has 0 spiro atoms. The molecule has 0 radical (unpaired) electrons. The second-order valence-electron chi connectivity index (χ2n) is 10.3. The van der Waals surface area contributed by atoms with Crippen molar-refractivity contribution in [2.45, 2.75) is 141 Å². The van der Waals surface area contributed by atoms with Gasteiger partial charge in [-0.2, -0.15) is 8.42 Å². The van der Waals surface area contributed by atoms with Crippen LogP contribution in [0.25, 0.3) is 0 Å². The molecule has 0 heterocycles. The van der Waals surface area contributed by atoms with Crippen LogP contribution in [0.15, 0.2) is 30.3 Å². The smallest absolute Gasteiger partial charge is 0.305 e. The normalized spacial score (nSPS) is 13.4. The average Bonchev–Trinajstić information content (AvgIpc) is 2.86. The number of carbonyl (C=O) groups excluding carboxylic acids is 1. The van der Waals surface area contributed by atoms with E-state index in [4.69, 9.17) is 4.74 Å². The first-order valence-electron chi connectivity index (χ1n) is 14.6. The lowest BCUT2D eigenvalue weighted by molar-refractivity contribution is -0.144. The number of carbonyl (C=O) groups is 1. The van der Waals surface area contributed by atoms with Crippen LogP contribution >= 0.6 is 0 Å². The maximum Gasteiger partial charge on any atom is 0.305 e. The van der Waals surface area contributed by atoms with Gasteiger partial charge in [0.1, 0.15) is 6.61 Å². The molecular formula is C30H52O5S. The Morgan fingerprint density at radius 1 is 0.722 bits per heavy atom. The summed E-state index contributed by atoms with van der Waals surface area (Å²) in [5, 5.41) is 0. The van der Waals surface area contributed by atoms with Gasteiger partial charge in [-0.15, -0.1) is 0 Å². The molecular weight excluding hydrogens is 472 g/mol. The summed E-state index contributed by atoms with van der Waals surface area (Å²) in [7, 11) is -4.48. The van der Waals surface area contributed by atoms with E-state index in [1.54, 1.807) is 30.3 Å². The first-order valence-corrected chi connectivity index (χ1v) is 16.0. The number of benzene rings is 1. The Bertz CT molecular complexity index is 778. The molecule has 0 aliphatic heterocycles. The van der Waals surface area contributed by atoms with Crippen LogP contribution in [0.3, 0.4) is 0 Å². The van der Waals surface area contributed by atoms with Gasteiger partial charge in [0.25, 0.3) is 10.1 Å². The monoisotopic (exact) mass is 524 g/mol. The second-order valence-corrected chi connectivity index (χ2v) is 12.0. The van der Waals surface area contributed by atoms with E-state index in [0.29, 0.717) is 12.0 Å². The maximum absolute atomic E-state index is 12.4. The molecule has 0 saturated heterocycles. The molecule has 1 aromatic carbocycles. The number of hydrogen-bond acceptors (Lipinski definition) is 4. The molecule has 1 rings (SSSR count). The summed E-state index contributed by atoms with van der Waals surface area (Å²) in [6.45, 7) is 3.87. The fraction of sp³-hybridized carbons (Fsp3) is 0.767. The van der Waals surface area contributed by atoms with Gasteiger partial charge < -0.3 is 4.74 Å². The predicted octanol–water partition coefficient (Wildman–Crippen LogP) is 8.76. The SMILES string of the molecule is CCCCCCCCCCCCCCCCCC(=O)OCC(CCCC)(c1ccccc1)S(=O)(=O)O. The van der Waals surface area contributed by atoms with Crippen molar-refractivity contribution in [1.82, 2.24) is 0 Å². The van der Waals surface area contributed by atoms with Gasteiger partial charge in [-0.25, -0.2) is 0 Å². The highest BCUT2D eigenvalue weighted by Crippen LogP contribution is 2.36. The van der Waals surface area contributed by atoms with Gasteiger partial charge in [0, 0.05) is 6.42 Å². The minimum Gasteiger partial charge on any atom is -0.464 e.